The molecule has 0 spiro atoms. The fourth-order valence-electron chi connectivity index (χ4n) is 3.45. The molecule has 0 fully saturated rings. The van der Waals surface area contributed by atoms with Crippen molar-refractivity contribution in [3.63, 3.8) is 0 Å². The number of para-hydroxylation sites is 1. The summed E-state index contributed by atoms with van der Waals surface area (Å²) in [4.78, 5) is 25.6. The van der Waals surface area contributed by atoms with E-state index in [4.69, 9.17) is 21.1 Å². The normalized spacial score (nSPS) is 18.2. The lowest BCUT2D eigenvalue weighted by Crippen LogP contribution is -2.39. The summed E-state index contributed by atoms with van der Waals surface area (Å²) in [6, 6.07) is 10.7. The number of esters is 1. The smallest absolute Gasteiger partial charge is 0.307 e. The lowest BCUT2D eigenvalue weighted by atomic mass is 9.72. The Balaban J connectivity index is 2.28. The molecule has 6 heteroatoms. The van der Waals surface area contributed by atoms with E-state index in [2.05, 4.69) is 5.32 Å². The van der Waals surface area contributed by atoms with Crippen molar-refractivity contribution in [2.24, 2.45) is 0 Å². The third-order valence-corrected chi connectivity index (χ3v) is 5.08. The molecule has 0 saturated heterocycles. The highest BCUT2D eigenvalue weighted by molar-refractivity contribution is 6.31. The van der Waals surface area contributed by atoms with E-state index in [0.29, 0.717) is 27.6 Å². The van der Waals surface area contributed by atoms with Crippen molar-refractivity contribution in [2.45, 2.75) is 25.7 Å². The molecular weight excluding hydrogens is 354 g/mol. The molecule has 0 radical (unpaired) electrons. The molecule has 1 aliphatic heterocycles. The highest BCUT2D eigenvalue weighted by Crippen LogP contribution is 2.49. The Morgan fingerprint density at radius 2 is 1.96 bits per heavy atom. The molecule has 1 N–H and O–H groups in total. The van der Waals surface area contributed by atoms with E-state index >= 15 is 0 Å². The van der Waals surface area contributed by atoms with Crippen molar-refractivity contribution >= 4 is 29.2 Å². The van der Waals surface area contributed by atoms with Crippen molar-refractivity contribution in [2.75, 3.05) is 19.0 Å². The van der Waals surface area contributed by atoms with Crippen molar-refractivity contribution in [1.29, 1.82) is 0 Å². The van der Waals surface area contributed by atoms with Crippen LogP contribution in [0.15, 0.2) is 36.4 Å². The van der Waals surface area contributed by atoms with Gasteiger partial charge in [0.05, 0.1) is 20.1 Å². The number of methoxy groups -OCH3 is 1. The van der Waals surface area contributed by atoms with Crippen LogP contribution in [0.2, 0.25) is 5.02 Å². The highest BCUT2D eigenvalue weighted by Gasteiger charge is 2.51. The van der Waals surface area contributed by atoms with Crippen LogP contribution < -0.4 is 10.1 Å². The van der Waals surface area contributed by atoms with Crippen LogP contribution in [-0.4, -0.2) is 25.6 Å². The van der Waals surface area contributed by atoms with Gasteiger partial charge >= 0.3 is 5.97 Å². The van der Waals surface area contributed by atoms with Crippen LogP contribution in [-0.2, 0) is 19.7 Å². The monoisotopic (exact) mass is 373 g/mol. The first-order chi connectivity index (χ1) is 12.4. The molecule has 1 aliphatic rings. The number of anilines is 1. The molecule has 136 valence electrons. The third-order valence-electron chi connectivity index (χ3n) is 4.68. The number of hydrogen-bond donors (Lipinski definition) is 1. The van der Waals surface area contributed by atoms with Gasteiger partial charge in [0.25, 0.3) is 0 Å². The highest BCUT2D eigenvalue weighted by atomic mass is 35.5. The molecule has 3 rings (SSSR count). The summed E-state index contributed by atoms with van der Waals surface area (Å²) >= 11 is 6.34. The minimum atomic E-state index is -1.26. The van der Waals surface area contributed by atoms with Gasteiger partial charge in [-0.15, -0.1) is 0 Å². The Labute approximate surface area is 157 Å². The van der Waals surface area contributed by atoms with E-state index in [-0.39, 0.29) is 18.9 Å². The Kier molecular flexibility index (Phi) is 4.92. The maximum atomic E-state index is 13.2. The van der Waals surface area contributed by atoms with Gasteiger partial charge in [0.1, 0.15) is 11.2 Å². The maximum absolute atomic E-state index is 13.2. The number of aryl methyl sites for hydroxylation is 1. The van der Waals surface area contributed by atoms with Gasteiger partial charge in [-0.3, -0.25) is 9.59 Å². The van der Waals surface area contributed by atoms with Gasteiger partial charge in [-0.1, -0.05) is 29.8 Å². The molecule has 2 aromatic rings. The van der Waals surface area contributed by atoms with Gasteiger partial charge in [-0.25, -0.2) is 0 Å². The Morgan fingerprint density at radius 1 is 1.23 bits per heavy atom. The molecule has 1 heterocycles. The largest absolute Gasteiger partial charge is 0.496 e. The quantitative estimate of drug-likeness (QED) is 0.808. The van der Waals surface area contributed by atoms with E-state index in [1.165, 1.54) is 7.11 Å². The molecule has 0 aromatic heterocycles. The van der Waals surface area contributed by atoms with Gasteiger partial charge in [-0.2, -0.15) is 0 Å². The Morgan fingerprint density at radius 3 is 2.65 bits per heavy atom. The van der Waals surface area contributed by atoms with E-state index in [0.717, 1.165) is 5.56 Å². The number of fused-ring (bicyclic) bond motifs is 1. The van der Waals surface area contributed by atoms with Gasteiger partial charge in [0, 0.05) is 16.3 Å². The van der Waals surface area contributed by atoms with Gasteiger partial charge in [-0.05, 0) is 43.2 Å². The molecule has 1 unspecified atom stereocenters. The number of carbonyl (C=O) groups is 2. The zero-order chi connectivity index (χ0) is 18.9. The lowest BCUT2D eigenvalue weighted by Gasteiger charge is -2.29. The number of nitrogens with one attached hydrogen (secondary N) is 1. The van der Waals surface area contributed by atoms with Crippen molar-refractivity contribution in [1.82, 2.24) is 0 Å². The van der Waals surface area contributed by atoms with Crippen LogP contribution in [0.3, 0.4) is 0 Å². The predicted molar refractivity (Wildman–Crippen MR) is 99.8 cm³/mol. The van der Waals surface area contributed by atoms with Crippen molar-refractivity contribution in [3.05, 3.63) is 58.1 Å². The lowest BCUT2D eigenvalue weighted by molar-refractivity contribution is -0.145. The first-order valence-corrected chi connectivity index (χ1v) is 8.73. The number of rotatable bonds is 5. The topological polar surface area (TPSA) is 64.6 Å². The molecule has 0 aliphatic carbocycles. The van der Waals surface area contributed by atoms with Gasteiger partial charge < -0.3 is 14.8 Å². The van der Waals surface area contributed by atoms with Crippen molar-refractivity contribution in [3.8, 4) is 5.75 Å². The molecule has 0 saturated carbocycles. The van der Waals surface area contributed by atoms with E-state index in [1.807, 2.05) is 25.1 Å². The van der Waals surface area contributed by atoms with Gasteiger partial charge in [0.15, 0.2) is 0 Å². The summed E-state index contributed by atoms with van der Waals surface area (Å²) < 4.78 is 10.6. The number of halogens is 1. The third kappa shape index (κ3) is 2.82. The average molecular weight is 374 g/mol. The summed E-state index contributed by atoms with van der Waals surface area (Å²) in [7, 11) is 1.53. The fourth-order valence-corrected chi connectivity index (χ4v) is 3.62. The van der Waals surface area contributed by atoms with Crippen LogP contribution in [0.25, 0.3) is 0 Å². The maximum Gasteiger partial charge on any atom is 0.307 e. The van der Waals surface area contributed by atoms with Crippen LogP contribution in [0.5, 0.6) is 5.75 Å². The zero-order valence-electron chi connectivity index (χ0n) is 14.9. The number of carbonyl (C=O) groups excluding carboxylic acids is 2. The summed E-state index contributed by atoms with van der Waals surface area (Å²) in [5.41, 5.74) is 1.48. The summed E-state index contributed by atoms with van der Waals surface area (Å²) in [5, 5.41) is 3.42. The molecule has 1 amide bonds. The number of hydrogen-bond acceptors (Lipinski definition) is 4. The second-order valence-corrected chi connectivity index (χ2v) is 6.60. The van der Waals surface area contributed by atoms with Crippen LogP contribution >= 0.6 is 11.6 Å². The SMILES string of the molecule is CCOC(=O)CC1(c2ccccc2OC)C(=O)Nc2cc(C)c(Cl)cc21. The summed E-state index contributed by atoms with van der Waals surface area (Å²) in [5.74, 6) is -0.235. The average Bonchev–Trinajstić information content (AvgIpc) is 2.87. The zero-order valence-corrected chi connectivity index (χ0v) is 15.6. The minimum absolute atomic E-state index is 0.139. The fraction of sp³-hybridized carbons (Fsp3) is 0.300. The van der Waals surface area contributed by atoms with Crippen LogP contribution in [0, 0.1) is 6.92 Å². The van der Waals surface area contributed by atoms with E-state index < -0.39 is 11.4 Å². The Hall–Kier alpha value is -2.53. The standard InChI is InChI=1S/C20H20ClNO4/c1-4-26-18(23)11-20(13-7-5-6-8-17(13)25-3)14-10-15(21)12(2)9-16(14)22-19(20)24/h5-10H,4,11H2,1-3H3,(H,22,24). The van der Waals surface area contributed by atoms with E-state index in [1.54, 1.807) is 25.1 Å². The summed E-state index contributed by atoms with van der Waals surface area (Å²) in [6.07, 6.45) is -0.139. The second kappa shape index (κ2) is 7.00. The molecular formula is C20H20ClNO4. The minimum Gasteiger partial charge on any atom is -0.496 e. The number of ether oxygens (including phenoxy) is 2. The molecule has 26 heavy (non-hydrogen) atoms. The van der Waals surface area contributed by atoms with Crippen molar-refractivity contribution < 1.29 is 19.1 Å². The predicted octanol–water partition coefficient (Wildman–Crippen LogP) is 3.85. The molecule has 0 bridgehead atoms. The first-order valence-electron chi connectivity index (χ1n) is 8.35. The second-order valence-electron chi connectivity index (χ2n) is 6.19. The Bertz CT molecular complexity index is 880. The first kappa shape index (κ1) is 18.3. The molecule has 2 aromatic carbocycles. The molecule has 1 atom stereocenters. The van der Waals surface area contributed by atoms with Crippen LogP contribution in [0.4, 0.5) is 5.69 Å². The van der Waals surface area contributed by atoms with Gasteiger partial charge in [0.2, 0.25) is 5.91 Å². The van der Waals surface area contributed by atoms with E-state index in [9.17, 15) is 9.59 Å². The molecule has 5 nitrogen and oxygen atoms in total. The summed E-state index contributed by atoms with van der Waals surface area (Å²) in [6.45, 7) is 3.84. The number of amides is 1. The van der Waals surface area contributed by atoms with Crippen LogP contribution in [0.1, 0.15) is 30.0 Å². The number of benzene rings is 2.